The quantitative estimate of drug-likeness (QED) is 0.488. The highest BCUT2D eigenvalue weighted by Gasteiger charge is 2.15. The Balaban J connectivity index is 1.46. The predicted octanol–water partition coefficient (Wildman–Crippen LogP) is 3.30. The first-order chi connectivity index (χ1) is 14.0. The molecule has 0 bridgehead atoms. The predicted molar refractivity (Wildman–Crippen MR) is 113 cm³/mol. The van der Waals surface area contributed by atoms with Gasteiger partial charge in [-0.1, -0.05) is 29.8 Å². The summed E-state index contributed by atoms with van der Waals surface area (Å²) in [6.07, 6.45) is 0.506. The van der Waals surface area contributed by atoms with Crippen LogP contribution in [0.15, 0.2) is 58.8 Å². The van der Waals surface area contributed by atoms with Crippen molar-refractivity contribution in [3.63, 3.8) is 0 Å². The lowest BCUT2D eigenvalue weighted by Gasteiger charge is -2.07. The summed E-state index contributed by atoms with van der Waals surface area (Å²) in [5.74, 6) is 1.28. The molecular weight excluding hydrogens is 408 g/mol. The fourth-order valence-corrected chi connectivity index (χ4v) is 4.76. The second-order valence-electron chi connectivity index (χ2n) is 6.55. The van der Waals surface area contributed by atoms with Gasteiger partial charge in [0.2, 0.25) is 15.0 Å². The highest BCUT2D eigenvalue weighted by atomic mass is 32.2. The average Bonchev–Trinajstić information content (AvgIpc) is 3.30. The molecule has 150 valence electrons. The van der Waals surface area contributed by atoms with Crippen LogP contribution in [0.3, 0.4) is 0 Å². The van der Waals surface area contributed by atoms with Crippen LogP contribution in [0.1, 0.15) is 11.3 Å². The molecular formula is C20H20N4O3S2. The summed E-state index contributed by atoms with van der Waals surface area (Å²) in [4.78, 5) is 5.56. The Kier molecular flexibility index (Phi) is 5.35. The summed E-state index contributed by atoms with van der Waals surface area (Å²) in [6, 6.07) is 14.3. The standard InChI is InChI=1S/C20H20N4O3S2/c1-14-3-5-15(6-4-14)19-22-20-24(23-19)16(13-28-20)11-12-21-29(25,26)18-9-7-17(27-2)8-10-18/h3-10,13,21H,11-12H2,1-2H3. The Morgan fingerprint density at radius 2 is 1.83 bits per heavy atom. The molecule has 2 heterocycles. The Morgan fingerprint density at radius 3 is 2.52 bits per heavy atom. The third-order valence-electron chi connectivity index (χ3n) is 4.50. The minimum absolute atomic E-state index is 0.205. The summed E-state index contributed by atoms with van der Waals surface area (Å²) in [5.41, 5.74) is 3.05. The van der Waals surface area contributed by atoms with Crippen LogP contribution in [0.5, 0.6) is 5.75 Å². The number of nitrogens with zero attached hydrogens (tertiary/aromatic N) is 3. The molecule has 0 unspecified atom stereocenters. The summed E-state index contributed by atoms with van der Waals surface area (Å²) < 4.78 is 34.4. The van der Waals surface area contributed by atoms with E-state index in [0.29, 0.717) is 18.0 Å². The Hall–Kier alpha value is -2.75. The monoisotopic (exact) mass is 428 g/mol. The van der Waals surface area contributed by atoms with Gasteiger partial charge in [-0.05, 0) is 31.2 Å². The molecule has 0 saturated heterocycles. The first-order valence-electron chi connectivity index (χ1n) is 9.00. The maximum atomic E-state index is 12.5. The Labute approximate surface area is 173 Å². The van der Waals surface area contributed by atoms with E-state index in [1.807, 2.05) is 36.6 Å². The molecule has 2 aromatic heterocycles. The normalized spacial score (nSPS) is 11.8. The number of rotatable bonds is 7. The van der Waals surface area contributed by atoms with Crippen LogP contribution in [-0.2, 0) is 16.4 Å². The maximum absolute atomic E-state index is 12.5. The molecule has 0 aliphatic carbocycles. The number of methoxy groups -OCH3 is 1. The molecule has 7 nitrogen and oxygen atoms in total. The van der Waals surface area contributed by atoms with Crippen molar-refractivity contribution in [1.29, 1.82) is 0 Å². The van der Waals surface area contributed by atoms with Crippen molar-refractivity contribution < 1.29 is 13.2 Å². The lowest BCUT2D eigenvalue weighted by Crippen LogP contribution is -2.26. The van der Waals surface area contributed by atoms with Crippen LogP contribution in [0, 0.1) is 6.92 Å². The minimum Gasteiger partial charge on any atom is -0.497 e. The second-order valence-corrected chi connectivity index (χ2v) is 9.15. The molecule has 0 atom stereocenters. The molecule has 0 aliphatic rings. The van der Waals surface area contributed by atoms with E-state index in [9.17, 15) is 8.42 Å². The van der Waals surface area contributed by atoms with Gasteiger partial charge in [-0.15, -0.1) is 16.4 Å². The number of fused-ring (bicyclic) bond motifs is 1. The van der Waals surface area contributed by atoms with E-state index < -0.39 is 10.0 Å². The van der Waals surface area contributed by atoms with Crippen LogP contribution in [-0.4, -0.2) is 36.7 Å². The molecule has 1 N–H and O–H groups in total. The number of aryl methyl sites for hydroxylation is 1. The smallest absolute Gasteiger partial charge is 0.240 e. The number of hydrogen-bond acceptors (Lipinski definition) is 6. The van der Waals surface area contributed by atoms with Crippen molar-refractivity contribution in [2.24, 2.45) is 0 Å². The Bertz CT molecular complexity index is 1230. The number of thiazole rings is 1. The van der Waals surface area contributed by atoms with E-state index in [0.717, 1.165) is 16.2 Å². The van der Waals surface area contributed by atoms with Gasteiger partial charge in [0.1, 0.15) is 5.75 Å². The highest BCUT2D eigenvalue weighted by molar-refractivity contribution is 7.89. The van der Waals surface area contributed by atoms with Gasteiger partial charge in [0.05, 0.1) is 17.7 Å². The average molecular weight is 429 g/mol. The molecule has 4 aromatic rings. The molecule has 0 fully saturated rings. The fourth-order valence-electron chi connectivity index (χ4n) is 2.87. The van der Waals surface area contributed by atoms with Crippen molar-refractivity contribution in [3.8, 4) is 17.1 Å². The summed E-state index contributed by atoms with van der Waals surface area (Å²) in [7, 11) is -2.04. The molecule has 0 radical (unpaired) electrons. The first kappa shape index (κ1) is 19.6. The topological polar surface area (TPSA) is 85.6 Å². The van der Waals surface area contributed by atoms with Crippen molar-refractivity contribution in [2.45, 2.75) is 18.2 Å². The van der Waals surface area contributed by atoms with E-state index in [2.05, 4.69) is 14.8 Å². The largest absolute Gasteiger partial charge is 0.497 e. The van der Waals surface area contributed by atoms with Crippen LogP contribution < -0.4 is 9.46 Å². The zero-order valence-corrected chi connectivity index (χ0v) is 17.6. The van der Waals surface area contributed by atoms with E-state index >= 15 is 0 Å². The second kappa shape index (κ2) is 7.94. The lowest BCUT2D eigenvalue weighted by molar-refractivity contribution is 0.414. The Morgan fingerprint density at radius 1 is 1.10 bits per heavy atom. The van der Waals surface area contributed by atoms with Gasteiger partial charge in [-0.25, -0.2) is 17.7 Å². The molecule has 2 aromatic carbocycles. The maximum Gasteiger partial charge on any atom is 0.240 e. The first-order valence-corrected chi connectivity index (χ1v) is 11.4. The van der Waals surface area contributed by atoms with E-state index in [1.54, 1.807) is 16.6 Å². The van der Waals surface area contributed by atoms with E-state index in [4.69, 9.17) is 4.74 Å². The van der Waals surface area contributed by atoms with Gasteiger partial charge in [0.15, 0.2) is 5.82 Å². The van der Waals surface area contributed by atoms with Gasteiger partial charge in [0.25, 0.3) is 0 Å². The zero-order valence-electron chi connectivity index (χ0n) is 16.0. The lowest BCUT2D eigenvalue weighted by atomic mass is 10.1. The van der Waals surface area contributed by atoms with Gasteiger partial charge in [-0.2, -0.15) is 4.98 Å². The molecule has 0 aliphatic heterocycles. The number of aromatic nitrogens is 3. The summed E-state index contributed by atoms with van der Waals surface area (Å²) >= 11 is 1.49. The minimum atomic E-state index is -3.58. The molecule has 29 heavy (non-hydrogen) atoms. The van der Waals surface area contributed by atoms with Crippen molar-refractivity contribution >= 4 is 26.3 Å². The SMILES string of the molecule is COc1ccc(S(=O)(=O)NCCc2csc3nc(-c4ccc(C)cc4)nn23)cc1. The molecule has 9 heteroatoms. The molecule has 0 spiro atoms. The van der Waals surface area contributed by atoms with E-state index in [1.165, 1.54) is 36.1 Å². The van der Waals surface area contributed by atoms with E-state index in [-0.39, 0.29) is 11.4 Å². The molecule has 0 amide bonds. The third kappa shape index (κ3) is 4.16. The van der Waals surface area contributed by atoms with Crippen LogP contribution in [0.2, 0.25) is 0 Å². The van der Waals surface area contributed by atoms with Crippen molar-refractivity contribution in [2.75, 3.05) is 13.7 Å². The third-order valence-corrected chi connectivity index (χ3v) is 6.84. The highest BCUT2D eigenvalue weighted by Crippen LogP contribution is 2.21. The number of ether oxygens (including phenoxy) is 1. The van der Waals surface area contributed by atoms with Crippen LogP contribution in [0.4, 0.5) is 0 Å². The molecule has 4 rings (SSSR count). The number of benzene rings is 2. The van der Waals surface area contributed by atoms with Gasteiger partial charge in [0, 0.05) is 23.9 Å². The number of hydrogen-bond donors (Lipinski definition) is 1. The van der Waals surface area contributed by atoms with Crippen molar-refractivity contribution in [1.82, 2.24) is 19.3 Å². The van der Waals surface area contributed by atoms with Gasteiger partial charge >= 0.3 is 0 Å². The zero-order chi connectivity index (χ0) is 20.4. The summed E-state index contributed by atoms with van der Waals surface area (Å²) in [6.45, 7) is 2.30. The van der Waals surface area contributed by atoms with Gasteiger partial charge < -0.3 is 4.74 Å². The van der Waals surface area contributed by atoms with Gasteiger partial charge in [-0.3, -0.25) is 0 Å². The number of sulfonamides is 1. The summed E-state index contributed by atoms with van der Waals surface area (Å²) in [5, 5.41) is 6.54. The fraction of sp³-hybridized carbons (Fsp3) is 0.200. The van der Waals surface area contributed by atoms with Crippen molar-refractivity contribution in [3.05, 3.63) is 65.2 Å². The van der Waals surface area contributed by atoms with Crippen LogP contribution in [0.25, 0.3) is 16.3 Å². The van der Waals surface area contributed by atoms with Crippen LogP contribution >= 0.6 is 11.3 Å². The molecule has 0 saturated carbocycles. The number of nitrogens with one attached hydrogen (secondary N) is 1.